The van der Waals surface area contributed by atoms with Crippen molar-refractivity contribution in [3.63, 3.8) is 0 Å². The van der Waals surface area contributed by atoms with Crippen molar-refractivity contribution in [1.82, 2.24) is 0 Å². The molecule has 0 aromatic carbocycles. The van der Waals surface area contributed by atoms with E-state index >= 15 is 0 Å². The molecule has 0 N–H and O–H groups in total. The fourth-order valence-electron chi connectivity index (χ4n) is 5.08. The zero-order chi connectivity index (χ0) is 15.7. The average Bonchev–Trinajstić information content (AvgIpc) is 3.16. The van der Waals surface area contributed by atoms with E-state index in [1.807, 2.05) is 6.56 Å². The van der Waals surface area contributed by atoms with Crippen molar-refractivity contribution >= 4 is 0 Å². The zero-order valence-corrected chi connectivity index (χ0v) is 19.8. The molecule has 1 aliphatic heterocycles. The van der Waals surface area contributed by atoms with Crippen LogP contribution >= 0.6 is 0 Å². The van der Waals surface area contributed by atoms with E-state index in [9.17, 15) is 0 Å². The van der Waals surface area contributed by atoms with E-state index in [1.54, 1.807) is 41.7 Å². The number of hydrogen-bond donors (Lipinski definition) is 0. The monoisotopic (exact) mass is 430 g/mol. The third-order valence-electron chi connectivity index (χ3n) is 7.06. The summed E-state index contributed by atoms with van der Waals surface area (Å²) in [6.07, 6.45) is 0. The second-order valence-electron chi connectivity index (χ2n) is 7.72. The van der Waals surface area contributed by atoms with E-state index in [1.165, 1.54) is 0 Å². The quantitative estimate of drug-likeness (QED) is 0.597. The number of halogens is 2. The molecular weight excluding hydrogens is 402 g/mol. The minimum atomic E-state index is -2.21. The van der Waals surface area contributed by atoms with Gasteiger partial charge in [-0.2, -0.15) is 0 Å². The van der Waals surface area contributed by atoms with Gasteiger partial charge in [0, 0.05) is 0 Å². The van der Waals surface area contributed by atoms with E-state index in [2.05, 4.69) is 55.4 Å². The topological polar surface area (TPSA) is 0 Å². The fraction of sp³-hybridized carbons (Fsp3) is 0.600. The van der Waals surface area contributed by atoms with Crippen LogP contribution in [-0.2, 0) is 20.3 Å². The van der Waals surface area contributed by atoms with Crippen molar-refractivity contribution in [2.45, 2.75) is 63.6 Å². The molecule has 0 saturated carbocycles. The van der Waals surface area contributed by atoms with Gasteiger partial charge in [-0.25, -0.2) is 0 Å². The van der Waals surface area contributed by atoms with Gasteiger partial charge >= 0.3 is 136 Å². The molecule has 1 saturated heterocycles. The maximum absolute atomic E-state index is 2.48. The summed E-state index contributed by atoms with van der Waals surface area (Å²) < 4.78 is 7.07. The van der Waals surface area contributed by atoms with Crippen LogP contribution in [0.3, 0.4) is 0 Å². The summed E-state index contributed by atoms with van der Waals surface area (Å²) in [7, 11) is 0. The van der Waals surface area contributed by atoms with E-state index in [-0.39, 0.29) is 24.8 Å². The molecule has 2 unspecified atom stereocenters. The van der Waals surface area contributed by atoms with Gasteiger partial charge in [0.2, 0.25) is 0 Å². The maximum Gasteiger partial charge on any atom is -1.00 e. The van der Waals surface area contributed by atoms with Gasteiger partial charge in [0.1, 0.15) is 0 Å². The van der Waals surface area contributed by atoms with E-state index in [4.69, 9.17) is 0 Å². The first-order valence-electron chi connectivity index (χ1n) is 8.52. The molecule has 23 heavy (non-hydrogen) atoms. The number of allylic oxidation sites excluding steroid dienone is 8. The van der Waals surface area contributed by atoms with Gasteiger partial charge in [-0.1, -0.05) is 0 Å². The molecule has 128 valence electrons. The predicted octanol–water partition coefficient (Wildman–Crippen LogP) is 0.519. The molecular formula is C20H30Cl2Zr. The van der Waals surface area contributed by atoms with Crippen LogP contribution in [0.2, 0.25) is 8.26 Å². The molecule has 3 rings (SSSR count). The molecule has 3 heteroatoms. The van der Waals surface area contributed by atoms with E-state index in [0.717, 1.165) is 11.8 Å². The Hall–Kier alpha value is 0.423. The molecule has 0 bridgehead atoms. The standard InChI is InChI=1S/2C9H13.C2H4.2ClH.Zr/c2*1-6-5-7(2)9(4)8(6)3;1-2;;;/h2*6H,1-4H3;1-2H2;2*1H;/q;;;;;+2/p-2. The third-order valence-corrected chi connectivity index (χ3v) is 19.8. The first-order chi connectivity index (χ1) is 9.74. The maximum atomic E-state index is 2.48. The Bertz CT molecular complexity index is 603. The molecule has 0 radical (unpaired) electrons. The molecule has 0 spiro atoms. The second kappa shape index (κ2) is 6.97. The molecule has 0 aromatic heterocycles. The summed E-state index contributed by atoms with van der Waals surface area (Å²) in [6.45, 7) is 19.2. The minimum Gasteiger partial charge on any atom is -1.00 e. The Kier molecular flexibility index (Phi) is 6.51. The van der Waals surface area contributed by atoms with Gasteiger partial charge in [-0.15, -0.1) is 0 Å². The van der Waals surface area contributed by atoms with Crippen LogP contribution in [0, 0.1) is 11.8 Å². The van der Waals surface area contributed by atoms with Crippen molar-refractivity contribution in [1.29, 1.82) is 0 Å². The zero-order valence-electron chi connectivity index (χ0n) is 15.8. The Morgan fingerprint density at radius 1 is 0.609 bits per heavy atom. The Labute approximate surface area is 159 Å². The van der Waals surface area contributed by atoms with Crippen molar-refractivity contribution in [3.8, 4) is 0 Å². The largest absolute Gasteiger partial charge is 1.00 e. The van der Waals surface area contributed by atoms with Crippen LogP contribution in [0.5, 0.6) is 0 Å². The van der Waals surface area contributed by atoms with Crippen LogP contribution in [0.25, 0.3) is 0 Å². The predicted molar refractivity (Wildman–Crippen MR) is 90.1 cm³/mol. The summed E-state index contributed by atoms with van der Waals surface area (Å²) >= 11 is -2.21. The van der Waals surface area contributed by atoms with Crippen molar-refractivity contribution < 1.29 is 45.1 Å². The van der Waals surface area contributed by atoms with Gasteiger partial charge < -0.3 is 24.8 Å². The normalized spacial score (nSPS) is 27.8. The SMILES string of the molecule is CC1=C(C)C(C)[C]([Zr+2]2([C]3=C(C)C(C)=C(C)C3C)[CH2][CH2]2)=C1C.[Cl-].[Cl-]. The van der Waals surface area contributed by atoms with Crippen molar-refractivity contribution in [2.24, 2.45) is 11.8 Å². The van der Waals surface area contributed by atoms with Gasteiger partial charge in [0.05, 0.1) is 0 Å². The summed E-state index contributed by atoms with van der Waals surface area (Å²) in [5.74, 6) is 1.47. The minimum absolute atomic E-state index is 0. The van der Waals surface area contributed by atoms with Crippen molar-refractivity contribution in [3.05, 3.63) is 40.0 Å². The second-order valence-corrected chi connectivity index (χ2v) is 18.1. The third kappa shape index (κ3) is 2.84. The van der Waals surface area contributed by atoms with E-state index in [0.29, 0.717) is 0 Å². The van der Waals surface area contributed by atoms with Gasteiger partial charge in [-0.3, -0.25) is 0 Å². The first kappa shape index (κ1) is 21.5. The molecule has 1 fully saturated rings. The molecule has 0 aromatic rings. The summed E-state index contributed by atoms with van der Waals surface area (Å²) in [4.78, 5) is 0. The fourth-order valence-corrected chi connectivity index (χ4v) is 22.3. The summed E-state index contributed by atoms with van der Waals surface area (Å²) in [6, 6.07) is 0. The molecule has 1 heterocycles. The Morgan fingerprint density at radius 2 is 0.913 bits per heavy atom. The molecule has 2 aliphatic carbocycles. The molecule has 0 amide bonds. The van der Waals surface area contributed by atoms with Crippen LogP contribution in [-0.4, -0.2) is 0 Å². The first-order valence-corrected chi connectivity index (χ1v) is 14.5. The Balaban J connectivity index is 0.00000132. The smallest absolute Gasteiger partial charge is 1.00 e. The Morgan fingerprint density at radius 3 is 1.09 bits per heavy atom. The van der Waals surface area contributed by atoms with Gasteiger partial charge in [0.15, 0.2) is 0 Å². The average molecular weight is 433 g/mol. The van der Waals surface area contributed by atoms with Crippen LogP contribution in [0.4, 0.5) is 0 Å². The van der Waals surface area contributed by atoms with Crippen LogP contribution in [0.15, 0.2) is 40.0 Å². The summed E-state index contributed by atoms with van der Waals surface area (Å²) in [5.41, 5.74) is 9.87. The van der Waals surface area contributed by atoms with Crippen LogP contribution in [0.1, 0.15) is 55.4 Å². The number of hydrogen-bond acceptors (Lipinski definition) is 0. The van der Waals surface area contributed by atoms with Crippen molar-refractivity contribution in [2.75, 3.05) is 0 Å². The van der Waals surface area contributed by atoms with Crippen LogP contribution < -0.4 is 24.8 Å². The van der Waals surface area contributed by atoms with Gasteiger partial charge in [-0.05, 0) is 0 Å². The molecule has 3 aliphatic rings. The van der Waals surface area contributed by atoms with Gasteiger partial charge in [0.25, 0.3) is 0 Å². The molecule has 2 atom stereocenters. The summed E-state index contributed by atoms with van der Waals surface area (Å²) in [5, 5.41) is 0. The number of rotatable bonds is 2. The molecule has 0 nitrogen and oxygen atoms in total. The van der Waals surface area contributed by atoms with E-state index < -0.39 is 20.3 Å².